The molecule has 0 unspecified atom stereocenters. The lowest BCUT2D eigenvalue weighted by molar-refractivity contribution is 0.0697. The van der Waals surface area contributed by atoms with Gasteiger partial charge in [0.25, 0.3) is 0 Å². The number of aryl methyl sites for hydroxylation is 1. The zero-order valence-electron chi connectivity index (χ0n) is 10.6. The van der Waals surface area contributed by atoms with Crippen LogP contribution in [0.3, 0.4) is 0 Å². The molecular formula is C13H14N4O2. The molecule has 0 aliphatic carbocycles. The zero-order chi connectivity index (χ0) is 13.8. The van der Waals surface area contributed by atoms with Crippen molar-refractivity contribution in [2.45, 2.75) is 6.92 Å². The molecule has 1 aromatic carbocycles. The summed E-state index contributed by atoms with van der Waals surface area (Å²) in [7, 11) is 1.74. The van der Waals surface area contributed by atoms with Crippen LogP contribution >= 0.6 is 0 Å². The third-order valence-electron chi connectivity index (χ3n) is 2.46. The molecule has 1 heterocycles. The zero-order valence-corrected chi connectivity index (χ0v) is 10.6. The predicted octanol–water partition coefficient (Wildman–Crippen LogP) is 2.27. The molecule has 0 saturated heterocycles. The molecule has 1 aromatic heterocycles. The van der Waals surface area contributed by atoms with Gasteiger partial charge in [-0.2, -0.15) is 4.98 Å². The summed E-state index contributed by atoms with van der Waals surface area (Å²) in [6.07, 6.45) is 0. The molecule has 0 radical (unpaired) electrons. The molecule has 0 bridgehead atoms. The van der Waals surface area contributed by atoms with E-state index in [1.807, 2.05) is 6.92 Å². The van der Waals surface area contributed by atoms with E-state index in [1.165, 1.54) is 6.07 Å². The molecule has 0 amide bonds. The Morgan fingerprint density at radius 1 is 1.26 bits per heavy atom. The van der Waals surface area contributed by atoms with Crippen molar-refractivity contribution in [3.63, 3.8) is 0 Å². The number of nitrogens with zero attached hydrogens (tertiary/aromatic N) is 2. The number of nitrogens with one attached hydrogen (secondary N) is 2. The number of rotatable bonds is 4. The first-order valence-electron chi connectivity index (χ1n) is 5.72. The fourth-order valence-corrected chi connectivity index (χ4v) is 1.62. The van der Waals surface area contributed by atoms with Crippen molar-refractivity contribution in [1.29, 1.82) is 0 Å². The number of aromatic carboxylic acids is 1. The van der Waals surface area contributed by atoms with Crippen molar-refractivity contribution < 1.29 is 9.90 Å². The number of carboxylic acid groups (broad SMARTS) is 1. The lowest BCUT2D eigenvalue weighted by atomic mass is 10.2. The molecule has 6 heteroatoms. The molecule has 3 N–H and O–H groups in total. The monoisotopic (exact) mass is 258 g/mol. The van der Waals surface area contributed by atoms with E-state index >= 15 is 0 Å². The summed E-state index contributed by atoms with van der Waals surface area (Å²) in [6.45, 7) is 1.86. The van der Waals surface area contributed by atoms with Crippen molar-refractivity contribution in [3.8, 4) is 0 Å². The van der Waals surface area contributed by atoms with Gasteiger partial charge in [-0.15, -0.1) is 0 Å². The maximum absolute atomic E-state index is 10.9. The van der Waals surface area contributed by atoms with Crippen molar-refractivity contribution in [2.75, 3.05) is 17.7 Å². The van der Waals surface area contributed by atoms with E-state index in [9.17, 15) is 4.79 Å². The van der Waals surface area contributed by atoms with Crippen LogP contribution in [0, 0.1) is 6.92 Å². The highest BCUT2D eigenvalue weighted by molar-refractivity contribution is 5.89. The van der Waals surface area contributed by atoms with Crippen LogP contribution in [0.1, 0.15) is 16.1 Å². The van der Waals surface area contributed by atoms with Gasteiger partial charge in [-0.1, -0.05) is 6.07 Å². The second-order valence-electron chi connectivity index (χ2n) is 3.98. The maximum Gasteiger partial charge on any atom is 0.335 e. The molecule has 0 fully saturated rings. The highest BCUT2D eigenvalue weighted by Gasteiger charge is 2.05. The summed E-state index contributed by atoms with van der Waals surface area (Å²) < 4.78 is 0. The Morgan fingerprint density at radius 2 is 2.05 bits per heavy atom. The molecule has 19 heavy (non-hydrogen) atoms. The molecule has 0 atom stereocenters. The van der Waals surface area contributed by atoms with Gasteiger partial charge in [0.05, 0.1) is 5.56 Å². The highest BCUT2D eigenvalue weighted by Crippen LogP contribution is 2.17. The normalized spacial score (nSPS) is 10.0. The van der Waals surface area contributed by atoms with Gasteiger partial charge < -0.3 is 15.7 Å². The van der Waals surface area contributed by atoms with Gasteiger partial charge in [0, 0.05) is 24.5 Å². The SMILES string of the molecule is CNc1nc(C)cc(Nc2cccc(C(=O)O)c2)n1. The number of anilines is 3. The molecule has 0 aliphatic heterocycles. The van der Waals surface area contributed by atoms with Gasteiger partial charge in [-0.3, -0.25) is 0 Å². The highest BCUT2D eigenvalue weighted by atomic mass is 16.4. The molecule has 0 aliphatic rings. The molecule has 0 saturated carbocycles. The Kier molecular flexibility index (Phi) is 3.61. The Bertz CT molecular complexity index is 613. The number of hydrogen-bond acceptors (Lipinski definition) is 5. The maximum atomic E-state index is 10.9. The standard InChI is InChI=1S/C13H14N4O2/c1-8-6-11(17-13(14-2)15-8)16-10-5-3-4-9(7-10)12(18)19/h3-7H,1-2H3,(H,18,19)(H2,14,15,16,17). The minimum atomic E-state index is -0.960. The van der Waals surface area contributed by atoms with Crippen LogP contribution in [0.15, 0.2) is 30.3 Å². The summed E-state index contributed by atoms with van der Waals surface area (Å²) >= 11 is 0. The van der Waals surface area contributed by atoms with E-state index in [2.05, 4.69) is 20.6 Å². The fourth-order valence-electron chi connectivity index (χ4n) is 1.62. The predicted molar refractivity (Wildman–Crippen MR) is 73.0 cm³/mol. The molecule has 2 rings (SSSR count). The van der Waals surface area contributed by atoms with Crippen molar-refractivity contribution >= 4 is 23.4 Å². The average Bonchev–Trinajstić information content (AvgIpc) is 2.38. The average molecular weight is 258 g/mol. The third-order valence-corrected chi connectivity index (χ3v) is 2.46. The van der Waals surface area contributed by atoms with E-state index in [0.29, 0.717) is 17.5 Å². The Hall–Kier alpha value is -2.63. The van der Waals surface area contributed by atoms with Crippen LogP contribution in [-0.4, -0.2) is 28.1 Å². The summed E-state index contributed by atoms with van der Waals surface area (Å²) in [6, 6.07) is 8.34. The van der Waals surface area contributed by atoms with E-state index in [1.54, 1.807) is 31.3 Å². The summed E-state index contributed by atoms with van der Waals surface area (Å²) in [5.41, 5.74) is 1.71. The minimum Gasteiger partial charge on any atom is -0.478 e. The van der Waals surface area contributed by atoms with Crippen LogP contribution in [0.4, 0.5) is 17.5 Å². The van der Waals surface area contributed by atoms with Crippen molar-refractivity contribution in [1.82, 2.24) is 9.97 Å². The van der Waals surface area contributed by atoms with E-state index in [0.717, 1.165) is 5.69 Å². The number of carbonyl (C=O) groups is 1. The first-order valence-corrected chi connectivity index (χ1v) is 5.72. The molecule has 98 valence electrons. The second kappa shape index (κ2) is 5.34. The van der Waals surface area contributed by atoms with Gasteiger partial charge in [-0.05, 0) is 25.1 Å². The van der Waals surface area contributed by atoms with Gasteiger partial charge in [0.1, 0.15) is 5.82 Å². The number of carboxylic acids is 1. The summed E-state index contributed by atoms with van der Waals surface area (Å²) in [4.78, 5) is 19.3. The largest absolute Gasteiger partial charge is 0.478 e. The number of aromatic nitrogens is 2. The topological polar surface area (TPSA) is 87.1 Å². The first-order chi connectivity index (χ1) is 9.08. The van der Waals surface area contributed by atoms with Crippen LogP contribution in [0.5, 0.6) is 0 Å². The third kappa shape index (κ3) is 3.19. The van der Waals surface area contributed by atoms with E-state index in [4.69, 9.17) is 5.11 Å². The summed E-state index contributed by atoms with van der Waals surface area (Å²) in [5, 5.41) is 14.9. The number of benzene rings is 1. The van der Waals surface area contributed by atoms with Crippen LogP contribution in [-0.2, 0) is 0 Å². The van der Waals surface area contributed by atoms with Gasteiger partial charge in [0.2, 0.25) is 5.95 Å². The van der Waals surface area contributed by atoms with Crippen LogP contribution in [0.25, 0.3) is 0 Å². The Labute approximate surface area is 110 Å². The fraction of sp³-hybridized carbons (Fsp3) is 0.154. The Balaban J connectivity index is 2.28. The smallest absolute Gasteiger partial charge is 0.335 e. The number of hydrogen-bond donors (Lipinski definition) is 3. The molecule has 6 nitrogen and oxygen atoms in total. The molecular weight excluding hydrogens is 244 g/mol. The van der Waals surface area contributed by atoms with Crippen molar-refractivity contribution in [2.24, 2.45) is 0 Å². The van der Waals surface area contributed by atoms with Crippen LogP contribution in [0.2, 0.25) is 0 Å². The Morgan fingerprint density at radius 3 is 2.74 bits per heavy atom. The summed E-state index contributed by atoms with van der Waals surface area (Å²) in [5.74, 6) is 0.162. The lowest BCUT2D eigenvalue weighted by Crippen LogP contribution is -2.03. The van der Waals surface area contributed by atoms with Crippen molar-refractivity contribution in [3.05, 3.63) is 41.6 Å². The van der Waals surface area contributed by atoms with E-state index < -0.39 is 5.97 Å². The first kappa shape index (κ1) is 12.8. The molecule has 0 spiro atoms. The van der Waals surface area contributed by atoms with Gasteiger partial charge in [0.15, 0.2) is 0 Å². The quantitative estimate of drug-likeness (QED) is 0.779. The van der Waals surface area contributed by atoms with E-state index in [-0.39, 0.29) is 5.56 Å². The van der Waals surface area contributed by atoms with Gasteiger partial charge >= 0.3 is 5.97 Å². The second-order valence-corrected chi connectivity index (χ2v) is 3.98. The van der Waals surface area contributed by atoms with Gasteiger partial charge in [-0.25, -0.2) is 9.78 Å². The minimum absolute atomic E-state index is 0.226. The lowest BCUT2D eigenvalue weighted by Gasteiger charge is -2.08. The molecule has 2 aromatic rings. The van der Waals surface area contributed by atoms with Crippen LogP contribution < -0.4 is 10.6 Å².